The Hall–Kier alpha value is -3.32. The van der Waals surface area contributed by atoms with E-state index in [2.05, 4.69) is 6.92 Å². The van der Waals surface area contributed by atoms with Crippen molar-refractivity contribution >= 4 is 17.4 Å². The molecule has 32 heavy (non-hydrogen) atoms. The number of carbonyl (C=O) groups excluding carboxylic acids is 2. The quantitative estimate of drug-likeness (QED) is 0.261. The molecule has 2 aromatic carbocycles. The van der Waals surface area contributed by atoms with E-state index >= 15 is 0 Å². The Bertz CT molecular complexity index is 982. The molecule has 1 heterocycles. The fourth-order valence-electron chi connectivity index (χ4n) is 3.66. The number of amides is 1. The fourth-order valence-corrected chi connectivity index (χ4v) is 3.66. The Labute approximate surface area is 188 Å². The molecule has 1 aliphatic rings. The molecule has 1 atom stereocenters. The van der Waals surface area contributed by atoms with Gasteiger partial charge in [0.15, 0.2) is 0 Å². The van der Waals surface area contributed by atoms with Crippen LogP contribution >= 0.6 is 0 Å². The summed E-state index contributed by atoms with van der Waals surface area (Å²) < 4.78 is 16.1. The number of Topliss-reactive ketones (excluding diaryl/α,β-unsaturated/α-hetero) is 1. The number of likely N-dealkylation sites (tertiary alicyclic amines) is 1. The Morgan fingerprint density at radius 1 is 1.03 bits per heavy atom. The number of unbranched alkanes of at least 4 members (excludes halogenated alkanes) is 1. The highest BCUT2D eigenvalue weighted by atomic mass is 16.5. The second-order valence-corrected chi connectivity index (χ2v) is 7.49. The average Bonchev–Trinajstić information content (AvgIpc) is 3.07. The van der Waals surface area contributed by atoms with Gasteiger partial charge in [0.1, 0.15) is 17.3 Å². The van der Waals surface area contributed by atoms with Crippen molar-refractivity contribution in [1.82, 2.24) is 4.90 Å². The van der Waals surface area contributed by atoms with Crippen LogP contribution in [0, 0.1) is 0 Å². The maximum absolute atomic E-state index is 13.0. The third kappa shape index (κ3) is 4.94. The van der Waals surface area contributed by atoms with Gasteiger partial charge in [-0.25, -0.2) is 0 Å². The van der Waals surface area contributed by atoms with Gasteiger partial charge in [-0.05, 0) is 48.4 Å². The molecular weight excluding hydrogens is 410 g/mol. The molecule has 0 spiro atoms. The van der Waals surface area contributed by atoms with Gasteiger partial charge in [0.05, 0.1) is 31.9 Å². The smallest absolute Gasteiger partial charge is 0.295 e. The zero-order chi connectivity index (χ0) is 23.1. The van der Waals surface area contributed by atoms with Crippen LogP contribution < -0.4 is 9.47 Å². The molecule has 0 aromatic heterocycles. The van der Waals surface area contributed by atoms with Crippen molar-refractivity contribution in [2.45, 2.75) is 25.8 Å². The normalized spacial score (nSPS) is 17.6. The number of aliphatic hydroxyl groups excluding tert-OH is 1. The lowest BCUT2D eigenvalue weighted by Gasteiger charge is -2.25. The van der Waals surface area contributed by atoms with Crippen LogP contribution in [-0.4, -0.2) is 55.7 Å². The highest BCUT2D eigenvalue weighted by molar-refractivity contribution is 6.46. The third-order valence-corrected chi connectivity index (χ3v) is 5.38. The lowest BCUT2D eigenvalue weighted by Crippen LogP contribution is -2.32. The van der Waals surface area contributed by atoms with Crippen molar-refractivity contribution in [3.63, 3.8) is 0 Å². The second kappa shape index (κ2) is 10.8. The van der Waals surface area contributed by atoms with Gasteiger partial charge in [0.2, 0.25) is 0 Å². The van der Waals surface area contributed by atoms with E-state index in [1.807, 2.05) is 24.3 Å². The summed E-state index contributed by atoms with van der Waals surface area (Å²) in [5.41, 5.74) is 1.15. The van der Waals surface area contributed by atoms with E-state index in [-0.39, 0.29) is 24.5 Å². The van der Waals surface area contributed by atoms with Gasteiger partial charge in [-0.15, -0.1) is 0 Å². The number of carbonyl (C=O) groups is 2. The van der Waals surface area contributed by atoms with Crippen LogP contribution in [0.3, 0.4) is 0 Å². The molecule has 3 rings (SSSR count). The van der Waals surface area contributed by atoms with Gasteiger partial charge >= 0.3 is 0 Å². The molecular formula is C25H29NO6. The van der Waals surface area contributed by atoms with Crippen LogP contribution in [0.5, 0.6) is 11.5 Å². The molecule has 0 bridgehead atoms. The van der Waals surface area contributed by atoms with E-state index in [1.54, 1.807) is 31.4 Å². The minimum absolute atomic E-state index is 0.0435. The molecule has 1 saturated heterocycles. The summed E-state index contributed by atoms with van der Waals surface area (Å²) in [7, 11) is 3.08. The van der Waals surface area contributed by atoms with E-state index in [9.17, 15) is 14.7 Å². The first kappa shape index (κ1) is 23.3. The number of benzene rings is 2. The Balaban J connectivity index is 2.06. The maximum atomic E-state index is 13.0. The number of hydrogen-bond acceptors (Lipinski definition) is 6. The van der Waals surface area contributed by atoms with Crippen LogP contribution in [0.25, 0.3) is 5.76 Å². The number of rotatable bonds is 10. The zero-order valence-corrected chi connectivity index (χ0v) is 18.7. The molecule has 1 amide bonds. The first-order chi connectivity index (χ1) is 15.5. The summed E-state index contributed by atoms with van der Waals surface area (Å²) in [5.74, 6) is -0.349. The predicted molar refractivity (Wildman–Crippen MR) is 121 cm³/mol. The largest absolute Gasteiger partial charge is 0.507 e. The molecule has 1 N–H and O–H groups in total. The summed E-state index contributed by atoms with van der Waals surface area (Å²) in [6.45, 7) is 3.14. The first-order valence-corrected chi connectivity index (χ1v) is 10.7. The van der Waals surface area contributed by atoms with Gasteiger partial charge in [-0.1, -0.05) is 25.5 Å². The first-order valence-electron chi connectivity index (χ1n) is 10.7. The van der Waals surface area contributed by atoms with Crippen molar-refractivity contribution in [2.24, 2.45) is 0 Å². The minimum atomic E-state index is -0.748. The predicted octanol–water partition coefficient (Wildman–Crippen LogP) is 3.94. The molecule has 2 aromatic rings. The molecule has 1 unspecified atom stereocenters. The topological polar surface area (TPSA) is 85.3 Å². The van der Waals surface area contributed by atoms with Gasteiger partial charge < -0.3 is 24.2 Å². The van der Waals surface area contributed by atoms with Crippen molar-refractivity contribution in [1.29, 1.82) is 0 Å². The number of hydrogen-bond donors (Lipinski definition) is 1. The minimum Gasteiger partial charge on any atom is -0.507 e. The summed E-state index contributed by atoms with van der Waals surface area (Å²) in [6, 6.07) is 13.2. The second-order valence-electron chi connectivity index (χ2n) is 7.49. The maximum Gasteiger partial charge on any atom is 0.295 e. The van der Waals surface area contributed by atoms with Crippen molar-refractivity contribution < 1.29 is 28.9 Å². The molecule has 0 radical (unpaired) electrons. The van der Waals surface area contributed by atoms with Gasteiger partial charge in [0, 0.05) is 19.2 Å². The zero-order valence-electron chi connectivity index (χ0n) is 18.7. The number of ketones is 1. The molecule has 170 valence electrons. The van der Waals surface area contributed by atoms with Crippen LogP contribution in [-0.2, 0) is 14.3 Å². The summed E-state index contributed by atoms with van der Waals surface area (Å²) in [6.07, 6.45) is 1.94. The Morgan fingerprint density at radius 3 is 2.44 bits per heavy atom. The Morgan fingerprint density at radius 2 is 1.78 bits per heavy atom. The molecule has 0 aliphatic carbocycles. The van der Waals surface area contributed by atoms with E-state index in [0.717, 1.165) is 12.8 Å². The third-order valence-electron chi connectivity index (χ3n) is 5.38. The molecule has 7 heteroatoms. The molecule has 1 aliphatic heterocycles. The van der Waals surface area contributed by atoms with E-state index in [0.29, 0.717) is 29.2 Å². The monoisotopic (exact) mass is 439 g/mol. The van der Waals surface area contributed by atoms with Crippen molar-refractivity contribution in [2.75, 3.05) is 34.0 Å². The highest BCUT2D eigenvalue weighted by Crippen LogP contribution is 2.40. The number of aliphatic hydroxyl groups is 1. The van der Waals surface area contributed by atoms with E-state index < -0.39 is 17.7 Å². The molecule has 0 saturated carbocycles. The van der Waals surface area contributed by atoms with Crippen molar-refractivity contribution in [3.05, 3.63) is 65.2 Å². The number of ether oxygens (including phenoxy) is 3. The molecule has 1 fully saturated rings. The van der Waals surface area contributed by atoms with Gasteiger partial charge in [-0.2, -0.15) is 0 Å². The standard InChI is InChI=1S/C25H29NO6/c1-4-5-14-32-20-8-6-7-18(16-20)22-21(24(28)25(29)26(22)13-15-30-2)23(27)17-9-11-19(31-3)12-10-17/h6-12,16,22,27H,4-5,13-15H2,1-3H3. The summed E-state index contributed by atoms with van der Waals surface area (Å²) >= 11 is 0. The summed E-state index contributed by atoms with van der Waals surface area (Å²) in [4.78, 5) is 27.3. The lowest BCUT2D eigenvalue weighted by atomic mass is 9.95. The van der Waals surface area contributed by atoms with Gasteiger partial charge in [-0.3, -0.25) is 9.59 Å². The number of methoxy groups -OCH3 is 2. The van der Waals surface area contributed by atoms with Crippen LogP contribution in [0.15, 0.2) is 54.1 Å². The Kier molecular flexibility index (Phi) is 7.89. The van der Waals surface area contributed by atoms with E-state index in [1.165, 1.54) is 12.0 Å². The lowest BCUT2D eigenvalue weighted by molar-refractivity contribution is -0.140. The average molecular weight is 440 g/mol. The van der Waals surface area contributed by atoms with Crippen LogP contribution in [0.2, 0.25) is 0 Å². The SMILES string of the molecule is CCCCOc1cccc(C2C(=C(O)c3ccc(OC)cc3)C(=O)C(=O)N2CCOC)c1. The van der Waals surface area contributed by atoms with Crippen LogP contribution in [0.1, 0.15) is 36.9 Å². The van der Waals surface area contributed by atoms with Gasteiger partial charge in [0.25, 0.3) is 11.7 Å². The van der Waals surface area contributed by atoms with E-state index in [4.69, 9.17) is 14.2 Å². The fraction of sp³-hybridized carbons (Fsp3) is 0.360. The summed E-state index contributed by atoms with van der Waals surface area (Å²) in [5, 5.41) is 11.1. The number of nitrogens with zero attached hydrogens (tertiary/aromatic N) is 1. The van der Waals surface area contributed by atoms with Crippen molar-refractivity contribution in [3.8, 4) is 11.5 Å². The van der Waals surface area contributed by atoms with Crippen LogP contribution in [0.4, 0.5) is 0 Å². The molecule has 7 nitrogen and oxygen atoms in total. The highest BCUT2D eigenvalue weighted by Gasteiger charge is 2.46.